The van der Waals surface area contributed by atoms with Crippen molar-refractivity contribution in [3.63, 3.8) is 0 Å². The number of unbranched alkanes of at least 4 members (excludes halogenated alkanes) is 2. The summed E-state index contributed by atoms with van der Waals surface area (Å²) in [6.45, 7) is 7.27. The van der Waals surface area contributed by atoms with Crippen molar-refractivity contribution >= 4 is 21.7 Å². The first-order valence-electron chi connectivity index (χ1n) is 6.75. The molecule has 0 radical (unpaired) electrons. The summed E-state index contributed by atoms with van der Waals surface area (Å²) in [7, 11) is 2.13. The summed E-state index contributed by atoms with van der Waals surface area (Å²) in [6.07, 6.45) is 5.64. The molecule has 1 rings (SSSR count). The Morgan fingerprint density at radius 3 is 2.78 bits per heavy atom. The van der Waals surface area contributed by atoms with Crippen molar-refractivity contribution < 1.29 is 0 Å². The lowest BCUT2D eigenvalue weighted by molar-refractivity contribution is 0.689. The highest BCUT2D eigenvalue weighted by Crippen LogP contribution is 2.21. The fraction of sp³-hybridized carbons (Fsp3) is 0.643. The quantitative estimate of drug-likeness (QED) is 0.743. The maximum Gasteiger partial charge on any atom is 0.132 e. The zero-order chi connectivity index (χ0) is 13.4. The van der Waals surface area contributed by atoms with E-state index in [1.165, 1.54) is 24.8 Å². The third-order valence-electron chi connectivity index (χ3n) is 2.93. The second-order valence-corrected chi connectivity index (χ2v) is 5.46. The number of rotatable bonds is 8. The van der Waals surface area contributed by atoms with Gasteiger partial charge in [0.05, 0.1) is 0 Å². The molecule has 0 fully saturated rings. The molecule has 0 aromatic carbocycles. The van der Waals surface area contributed by atoms with Gasteiger partial charge in [0.2, 0.25) is 0 Å². The van der Waals surface area contributed by atoms with Crippen molar-refractivity contribution in [2.45, 2.75) is 39.7 Å². The van der Waals surface area contributed by atoms with Crippen molar-refractivity contribution in [3.8, 4) is 0 Å². The summed E-state index contributed by atoms with van der Waals surface area (Å²) in [6, 6.07) is 2.15. The van der Waals surface area contributed by atoms with Crippen LogP contribution in [0.25, 0.3) is 0 Å². The van der Waals surface area contributed by atoms with Gasteiger partial charge in [-0.15, -0.1) is 0 Å². The highest BCUT2D eigenvalue weighted by Gasteiger charge is 2.09. The fourth-order valence-electron chi connectivity index (χ4n) is 1.91. The van der Waals surface area contributed by atoms with Crippen LogP contribution in [0.1, 0.15) is 38.7 Å². The van der Waals surface area contributed by atoms with Crippen LogP contribution in [-0.4, -0.2) is 25.1 Å². The maximum absolute atomic E-state index is 4.55. The SMILES string of the molecule is CCCCCN(C)c1ncc(Br)cc1CNCC. The molecule has 1 N–H and O–H groups in total. The van der Waals surface area contributed by atoms with E-state index in [2.05, 4.69) is 58.1 Å². The summed E-state index contributed by atoms with van der Waals surface area (Å²) >= 11 is 3.49. The van der Waals surface area contributed by atoms with E-state index < -0.39 is 0 Å². The van der Waals surface area contributed by atoms with Crippen LogP contribution in [0.15, 0.2) is 16.7 Å². The number of hydrogen-bond donors (Lipinski definition) is 1. The lowest BCUT2D eigenvalue weighted by atomic mass is 10.2. The number of pyridine rings is 1. The second-order valence-electron chi connectivity index (χ2n) is 4.55. The van der Waals surface area contributed by atoms with Crippen LogP contribution in [0.3, 0.4) is 0 Å². The minimum Gasteiger partial charge on any atom is -0.359 e. The van der Waals surface area contributed by atoms with Crippen LogP contribution < -0.4 is 10.2 Å². The van der Waals surface area contributed by atoms with Gasteiger partial charge in [0.1, 0.15) is 5.82 Å². The number of anilines is 1. The minimum absolute atomic E-state index is 0.871. The van der Waals surface area contributed by atoms with Crippen LogP contribution in [-0.2, 0) is 6.54 Å². The van der Waals surface area contributed by atoms with Crippen molar-refractivity contribution in [2.75, 3.05) is 25.0 Å². The molecule has 1 aromatic rings. The monoisotopic (exact) mass is 313 g/mol. The van der Waals surface area contributed by atoms with Gasteiger partial charge < -0.3 is 10.2 Å². The molecule has 3 nitrogen and oxygen atoms in total. The van der Waals surface area contributed by atoms with Gasteiger partial charge >= 0.3 is 0 Å². The smallest absolute Gasteiger partial charge is 0.132 e. The van der Waals surface area contributed by atoms with Crippen molar-refractivity contribution in [2.24, 2.45) is 0 Å². The third-order valence-corrected chi connectivity index (χ3v) is 3.37. The highest BCUT2D eigenvalue weighted by atomic mass is 79.9. The van der Waals surface area contributed by atoms with Crippen LogP contribution in [0.5, 0.6) is 0 Å². The average molecular weight is 314 g/mol. The Bertz CT molecular complexity index is 355. The van der Waals surface area contributed by atoms with E-state index in [0.717, 1.165) is 29.9 Å². The molecule has 0 unspecified atom stereocenters. The summed E-state index contributed by atoms with van der Waals surface area (Å²) < 4.78 is 1.04. The summed E-state index contributed by atoms with van der Waals surface area (Å²) in [5.41, 5.74) is 1.25. The zero-order valence-electron chi connectivity index (χ0n) is 11.7. The van der Waals surface area contributed by atoms with Gasteiger partial charge in [-0.1, -0.05) is 26.7 Å². The Kier molecular flexibility index (Phi) is 7.28. The Hall–Kier alpha value is -0.610. The Morgan fingerprint density at radius 2 is 2.11 bits per heavy atom. The number of nitrogens with one attached hydrogen (secondary N) is 1. The predicted molar refractivity (Wildman–Crippen MR) is 82.1 cm³/mol. The lowest BCUT2D eigenvalue weighted by Gasteiger charge is -2.21. The lowest BCUT2D eigenvalue weighted by Crippen LogP contribution is -2.23. The topological polar surface area (TPSA) is 28.2 Å². The Balaban J connectivity index is 2.72. The molecule has 18 heavy (non-hydrogen) atoms. The second kappa shape index (κ2) is 8.48. The molecule has 0 aliphatic rings. The zero-order valence-corrected chi connectivity index (χ0v) is 13.3. The molecular weight excluding hydrogens is 290 g/mol. The standard InChI is InChI=1S/C14H24BrN3/c1-4-6-7-8-18(3)14-12(10-16-5-2)9-13(15)11-17-14/h9,11,16H,4-8,10H2,1-3H3. The van der Waals surface area contributed by atoms with E-state index in [4.69, 9.17) is 0 Å². The van der Waals surface area contributed by atoms with Gasteiger partial charge in [0, 0.05) is 36.4 Å². The van der Waals surface area contributed by atoms with E-state index in [1.54, 1.807) is 0 Å². The van der Waals surface area contributed by atoms with Gasteiger partial charge in [-0.05, 0) is 35.0 Å². The van der Waals surface area contributed by atoms with E-state index in [-0.39, 0.29) is 0 Å². The highest BCUT2D eigenvalue weighted by molar-refractivity contribution is 9.10. The molecule has 4 heteroatoms. The molecular formula is C14H24BrN3. The van der Waals surface area contributed by atoms with Crippen LogP contribution in [0, 0.1) is 0 Å². The van der Waals surface area contributed by atoms with Crippen molar-refractivity contribution in [1.82, 2.24) is 10.3 Å². The Labute approximate surface area is 119 Å². The molecule has 0 spiro atoms. The molecule has 102 valence electrons. The van der Waals surface area contributed by atoms with E-state index >= 15 is 0 Å². The Morgan fingerprint density at radius 1 is 1.33 bits per heavy atom. The molecule has 1 aromatic heterocycles. The molecule has 0 saturated carbocycles. The molecule has 0 bridgehead atoms. The van der Waals surface area contributed by atoms with Gasteiger partial charge in [-0.2, -0.15) is 0 Å². The average Bonchev–Trinajstić information content (AvgIpc) is 2.36. The van der Waals surface area contributed by atoms with E-state index in [0.29, 0.717) is 0 Å². The van der Waals surface area contributed by atoms with Crippen LogP contribution >= 0.6 is 15.9 Å². The van der Waals surface area contributed by atoms with Crippen molar-refractivity contribution in [1.29, 1.82) is 0 Å². The van der Waals surface area contributed by atoms with Gasteiger partial charge in [0.15, 0.2) is 0 Å². The van der Waals surface area contributed by atoms with Gasteiger partial charge in [-0.3, -0.25) is 0 Å². The number of halogens is 1. The molecule has 0 aliphatic carbocycles. The largest absolute Gasteiger partial charge is 0.359 e. The van der Waals surface area contributed by atoms with Gasteiger partial charge in [-0.25, -0.2) is 4.98 Å². The van der Waals surface area contributed by atoms with Crippen molar-refractivity contribution in [3.05, 3.63) is 22.3 Å². The number of aromatic nitrogens is 1. The van der Waals surface area contributed by atoms with E-state index in [9.17, 15) is 0 Å². The normalized spacial score (nSPS) is 10.7. The van der Waals surface area contributed by atoms with Crippen LogP contribution in [0.2, 0.25) is 0 Å². The first-order chi connectivity index (χ1) is 8.69. The first-order valence-corrected chi connectivity index (χ1v) is 7.54. The fourth-order valence-corrected chi connectivity index (χ4v) is 2.29. The molecule has 1 heterocycles. The number of hydrogen-bond acceptors (Lipinski definition) is 3. The van der Waals surface area contributed by atoms with Crippen LogP contribution in [0.4, 0.5) is 5.82 Å². The predicted octanol–water partition coefficient (Wildman–Crippen LogP) is 3.58. The molecule has 0 aliphatic heterocycles. The maximum atomic E-state index is 4.55. The third kappa shape index (κ3) is 4.94. The summed E-state index contributed by atoms with van der Waals surface area (Å²) in [4.78, 5) is 6.81. The van der Waals surface area contributed by atoms with E-state index in [1.807, 2.05) is 6.20 Å². The first kappa shape index (κ1) is 15.4. The minimum atomic E-state index is 0.871. The van der Waals surface area contributed by atoms with Gasteiger partial charge in [0.25, 0.3) is 0 Å². The number of nitrogens with zero attached hydrogens (tertiary/aromatic N) is 2. The summed E-state index contributed by atoms with van der Waals surface area (Å²) in [5, 5.41) is 3.37. The molecule has 0 amide bonds. The summed E-state index contributed by atoms with van der Waals surface area (Å²) in [5.74, 6) is 1.09. The molecule has 0 saturated heterocycles. The molecule has 0 atom stereocenters.